The molecule has 2 aromatic rings. The molecule has 0 aromatic carbocycles. The fourth-order valence-corrected chi connectivity index (χ4v) is 5.25. The molecule has 0 radical (unpaired) electrons. The van der Waals surface area contributed by atoms with E-state index < -0.39 is 0 Å². The molecule has 1 aliphatic heterocycles. The van der Waals surface area contributed by atoms with Crippen LogP contribution in [-0.2, 0) is 4.79 Å². The van der Waals surface area contributed by atoms with E-state index in [1.165, 1.54) is 5.56 Å². The number of halogens is 1. The normalized spacial score (nSPS) is 24.3. The third kappa shape index (κ3) is 3.82. The van der Waals surface area contributed by atoms with Gasteiger partial charge in [0, 0.05) is 30.9 Å². The first-order valence-corrected chi connectivity index (χ1v) is 11.9. The van der Waals surface area contributed by atoms with Crippen LogP contribution in [0.4, 0.5) is 0 Å². The summed E-state index contributed by atoms with van der Waals surface area (Å²) in [5.74, 6) is 0.164. The molecule has 0 unspecified atom stereocenters. The van der Waals surface area contributed by atoms with Crippen LogP contribution >= 0.6 is 11.6 Å². The molecule has 3 heterocycles. The lowest BCUT2D eigenvalue weighted by molar-refractivity contribution is -0.138. The van der Waals surface area contributed by atoms with Crippen molar-refractivity contribution in [2.45, 2.75) is 63.5 Å². The number of amides is 2. The molecule has 3 aliphatic rings. The van der Waals surface area contributed by atoms with E-state index in [4.69, 9.17) is 11.6 Å². The zero-order valence-electron chi connectivity index (χ0n) is 18.4. The number of hydrogen-bond donors (Lipinski definition) is 1. The molecule has 2 amide bonds. The SMILES string of the molecule is C=C(C)c1cc(C2CC2)cn2c(Cl)c(C(=O)N3CCN([C@H]4CC[C@H](O)CC4)C(=O)C3)nc12. The Balaban J connectivity index is 1.38. The number of rotatable bonds is 4. The van der Waals surface area contributed by atoms with Gasteiger partial charge in [0.25, 0.3) is 5.91 Å². The van der Waals surface area contributed by atoms with Gasteiger partial charge in [0.1, 0.15) is 17.3 Å². The molecule has 2 aromatic heterocycles. The van der Waals surface area contributed by atoms with Gasteiger partial charge in [0.2, 0.25) is 5.91 Å². The second-order valence-electron chi connectivity index (χ2n) is 9.46. The van der Waals surface area contributed by atoms with E-state index in [1.807, 2.05) is 18.0 Å². The molecule has 2 aliphatic carbocycles. The molecule has 0 spiro atoms. The number of fused-ring (bicyclic) bond motifs is 1. The number of imidazole rings is 1. The van der Waals surface area contributed by atoms with Crippen molar-refractivity contribution in [3.8, 4) is 0 Å². The van der Waals surface area contributed by atoms with Crippen molar-refractivity contribution in [3.63, 3.8) is 0 Å². The largest absolute Gasteiger partial charge is 0.393 e. The predicted octanol–water partition coefficient (Wildman–Crippen LogP) is 3.49. The standard InChI is InChI=1S/C24H29ClN4O3/c1-14(2)19-11-16(15-3-4-15)12-29-22(25)21(26-23(19)29)24(32)27-9-10-28(20(31)13-27)17-5-7-18(30)8-6-17/h11-12,15,17-18,30H,1,3-10,13H2,2H3/t17-,18-. The molecular formula is C24H29ClN4O3. The average Bonchev–Trinajstić information content (AvgIpc) is 3.57. The van der Waals surface area contributed by atoms with Crippen LogP contribution in [0.15, 0.2) is 18.8 Å². The minimum atomic E-state index is -0.314. The van der Waals surface area contributed by atoms with Crippen molar-refractivity contribution in [3.05, 3.63) is 40.8 Å². The third-order valence-corrected chi connectivity index (χ3v) is 7.41. The number of piperazine rings is 1. The minimum Gasteiger partial charge on any atom is -0.393 e. The molecule has 5 rings (SSSR count). The molecule has 0 atom stereocenters. The Morgan fingerprint density at radius 1 is 1.19 bits per heavy atom. The Labute approximate surface area is 192 Å². The second kappa shape index (κ2) is 8.19. The van der Waals surface area contributed by atoms with E-state index in [-0.39, 0.29) is 41.4 Å². The van der Waals surface area contributed by atoms with E-state index in [0.717, 1.165) is 49.7 Å². The van der Waals surface area contributed by atoms with Gasteiger partial charge in [-0.25, -0.2) is 4.98 Å². The molecule has 7 nitrogen and oxygen atoms in total. The Kier molecular flexibility index (Phi) is 5.50. The maximum Gasteiger partial charge on any atom is 0.276 e. The quantitative estimate of drug-likeness (QED) is 0.763. The van der Waals surface area contributed by atoms with E-state index in [9.17, 15) is 14.7 Å². The molecule has 8 heteroatoms. The van der Waals surface area contributed by atoms with Crippen LogP contribution < -0.4 is 0 Å². The van der Waals surface area contributed by atoms with E-state index in [2.05, 4.69) is 17.6 Å². The Morgan fingerprint density at radius 2 is 1.91 bits per heavy atom. The number of pyridine rings is 1. The van der Waals surface area contributed by atoms with Crippen molar-refractivity contribution in [1.29, 1.82) is 0 Å². The zero-order valence-corrected chi connectivity index (χ0v) is 19.1. The number of carbonyl (C=O) groups is 2. The number of aliphatic hydroxyl groups excluding tert-OH is 1. The maximum absolute atomic E-state index is 13.3. The number of allylic oxidation sites excluding steroid dienone is 1. The monoisotopic (exact) mass is 456 g/mol. The van der Waals surface area contributed by atoms with Crippen LogP contribution in [0.2, 0.25) is 5.15 Å². The van der Waals surface area contributed by atoms with Gasteiger partial charge in [-0.2, -0.15) is 0 Å². The van der Waals surface area contributed by atoms with Gasteiger partial charge in [0.15, 0.2) is 5.69 Å². The van der Waals surface area contributed by atoms with E-state index in [1.54, 1.807) is 9.30 Å². The summed E-state index contributed by atoms with van der Waals surface area (Å²) < 4.78 is 1.79. The summed E-state index contributed by atoms with van der Waals surface area (Å²) in [5.41, 5.74) is 3.77. The lowest BCUT2D eigenvalue weighted by Gasteiger charge is -2.41. The average molecular weight is 457 g/mol. The van der Waals surface area contributed by atoms with E-state index in [0.29, 0.717) is 24.7 Å². The summed E-state index contributed by atoms with van der Waals surface area (Å²) in [6.45, 7) is 6.99. The van der Waals surface area contributed by atoms with Gasteiger partial charge in [0.05, 0.1) is 6.10 Å². The molecule has 3 fully saturated rings. The topological polar surface area (TPSA) is 78.1 Å². The molecule has 1 N–H and O–H groups in total. The van der Waals surface area contributed by atoms with Gasteiger partial charge in [-0.1, -0.05) is 18.2 Å². The van der Waals surface area contributed by atoms with Crippen LogP contribution in [0.5, 0.6) is 0 Å². The van der Waals surface area contributed by atoms with Crippen LogP contribution in [0, 0.1) is 0 Å². The number of hydrogen-bond acceptors (Lipinski definition) is 4. The van der Waals surface area contributed by atoms with Gasteiger partial charge in [-0.05, 0) is 68.6 Å². The highest BCUT2D eigenvalue weighted by molar-refractivity contribution is 6.33. The predicted molar refractivity (Wildman–Crippen MR) is 123 cm³/mol. The lowest BCUT2D eigenvalue weighted by atomic mass is 9.91. The number of nitrogens with zero attached hydrogens (tertiary/aromatic N) is 4. The van der Waals surface area contributed by atoms with Crippen LogP contribution in [-0.4, -0.2) is 67.9 Å². The van der Waals surface area contributed by atoms with Crippen molar-refractivity contribution in [2.75, 3.05) is 19.6 Å². The zero-order chi connectivity index (χ0) is 22.6. The minimum absolute atomic E-state index is 0.0305. The summed E-state index contributed by atoms with van der Waals surface area (Å²) in [6, 6.07) is 2.26. The number of aliphatic hydroxyl groups is 1. The first kappa shape index (κ1) is 21.5. The summed E-state index contributed by atoms with van der Waals surface area (Å²) in [6.07, 6.45) is 7.11. The van der Waals surface area contributed by atoms with Crippen molar-refractivity contribution >= 4 is 34.6 Å². The maximum atomic E-state index is 13.3. The van der Waals surface area contributed by atoms with Gasteiger partial charge in [-0.3, -0.25) is 14.0 Å². The summed E-state index contributed by atoms with van der Waals surface area (Å²) >= 11 is 6.65. The molecular weight excluding hydrogens is 428 g/mol. The highest BCUT2D eigenvalue weighted by atomic mass is 35.5. The molecule has 32 heavy (non-hydrogen) atoms. The van der Waals surface area contributed by atoms with Gasteiger partial charge < -0.3 is 14.9 Å². The number of aromatic nitrogens is 2. The lowest BCUT2D eigenvalue weighted by Crippen LogP contribution is -2.56. The highest BCUT2D eigenvalue weighted by Gasteiger charge is 2.35. The summed E-state index contributed by atoms with van der Waals surface area (Å²) in [4.78, 5) is 34.2. The smallest absolute Gasteiger partial charge is 0.276 e. The molecule has 0 bridgehead atoms. The van der Waals surface area contributed by atoms with Crippen LogP contribution in [0.25, 0.3) is 11.2 Å². The van der Waals surface area contributed by atoms with E-state index >= 15 is 0 Å². The first-order chi connectivity index (χ1) is 15.3. The first-order valence-electron chi connectivity index (χ1n) is 11.5. The fourth-order valence-electron chi connectivity index (χ4n) is 4.99. The Bertz CT molecular complexity index is 1100. The molecule has 2 saturated carbocycles. The summed E-state index contributed by atoms with van der Waals surface area (Å²) in [7, 11) is 0. The second-order valence-corrected chi connectivity index (χ2v) is 9.82. The molecule has 1 saturated heterocycles. The highest BCUT2D eigenvalue weighted by Crippen LogP contribution is 2.41. The van der Waals surface area contributed by atoms with Gasteiger partial charge >= 0.3 is 0 Å². The molecule has 170 valence electrons. The third-order valence-electron chi connectivity index (χ3n) is 7.05. The Morgan fingerprint density at radius 3 is 2.53 bits per heavy atom. The fraction of sp³-hybridized carbons (Fsp3) is 0.542. The number of carbonyl (C=O) groups excluding carboxylic acids is 2. The van der Waals surface area contributed by atoms with Crippen molar-refractivity contribution in [1.82, 2.24) is 19.2 Å². The van der Waals surface area contributed by atoms with Crippen LogP contribution in [0.3, 0.4) is 0 Å². The summed E-state index contributed by atoms with van der Waals surface area (Å²) in [5, 5.41) is 10.0. The Hall–Kier alpha value is -2.38. The van der Waals surface area contributed by atoms with Crippen molar-refractivity contribution < 1.29 is 14.7 Å². The van der Waals surface area contributed by atoms with Crippen LogP contribution in [0.1, 0.15) is 73.0 Å². The van der Waals surface area contributed by atoms with Gasteiger partial charge in [-0.15, -0.1) is 0 Å². The van der Waals surface area contributed by atoms with Crippen molar-refractivity contribution in [2.24, 2.45) is 0 Å².